The van der Waals surface area contributed by atoms with E-state index in [2.05, 4.69) is 42.0 Å². The highest BCUT2D eigenvalue weighted by atomic mass is 16.7. The molecule has 1 saturated heterocycles. The fourth-order valence-electron chi connectivity index (χ4n) is 4.83. The first-order valence-corrected chi connectivity index (χ1v) is 12.4. The summed E-state index contributed by atoms with van der Waals surface area (Å²) >= 11 is 0. The van der Waals surface area contributed by atoms with Gasteiger partial charge in [0.25, 0.3) is 0 Å². The van der Waals surface area contributed by atoms with Gasteiger partial charge < -0.3 is 24.1 Å². The lowest BCUT2D eigenvalue weighted by molar-refractivity contribution is -0.199. The summed E-state index contributed by atoms with van der Waals surface area (Å²) in [5.41, 5.74) is 2.38. The largest absolute Gasteiger partial charge is 0.469 e. The van der Waals surface area contributed by atoms with E-state index in [0.29, 0.717) is 26.1 Å². The number of allylic oxidation sites excluding steroid dienone is 2. The highest BCUT2D eigenvalue weighted by molar-refractivity contribution is 5.69. The van der Waals surface area contributed by atoms with Crippen molar-refractivity contribution in [3.05, 3.63) is 47.5 Å². The molecule has 33 heavy (non-hydrogen) atoms. The molecule has 6 nitrogen and oxygen atoms in total. The van der Waals surface area contributed by atoms with Crippen LogP contribution in [0.4, 0.5) is 0 Å². The van der Waals surface area contributed by atoms with E-state index in [1.807, 2.05) is 6.07 Å². The molecule has 0 bridgehead atoms. The summed E-state index contributed by atoms with van der Waals surface area (Å²) in [5.74, 6) is 0.00775. The molecule has 1 heterocycles. The van der Waals surface area contributed by atoms with E-state index < -0.39 is 6.10 Å². The zero-order valence-corrected chi connectivity index (χ0v) is 20.1. The van der Waals surface area contributed by atoms with Gasteiger partial charge in [-0.05, 0) is 56.9 Å². The molecule has 0 amide bonds. The maximum Gasteiger partial charge on any atom is 0.305 e. The van der Waals surface area contributed by atoms with Gasteiger partial charge in [-0.2, -0.15) is 0 Å². The number of rotatable bonds is 12. The van der Waals surface area contributed by atoms with Crippen LogP contribution < -0.4 is 0 Å². The van der Waals surface area contributed by atoms with Crippen LogP contribution in [0.5, 0.6) is 0 Å². The molecule has 2 fully saturated rings. The van der Waals surface area contributed by atoms with Gasteiger partial charge in [-0.1, -0.05) is 42.0 Å². The van der Waals surface area contributed by atoms with Gasteiger partial charge in [0, 0.05) is 25.4 Å². The number of esters is 1. The van der Waals surface area contributed by atoms with Gasteiger partial charge in [0.1, 0.15) is 0 Å². The molecular weight excluding hydrogens is 420 g/mol. The monoisotopic (exact) mass is 460 g/mol. The Hall–Kier alpha value is -1.73. The van der Waals surface area contributed by atoms with E-state index in [4.69, 9.17) is 14.2 Å². The number of aryl methyl sites for hydroxylation is 1. The topological polar surface area (TPSA) is 74.2 Å². The molecule has 3 rings (SSSR count). The van der Waals surface area contributed by atoms with Gasteiger partial charge in [0.2, 0.25) is 0 Å². The third-order valence-corrected chi connectivity index (χ3v) is 6.68. The van der Waals surface area contributed by atoms with E-state index in [0.717, 1.165) is 50.7 Å². The Bertz CT molecular complexity index is 742. The molecule has 1 aliphatic carbocycles. The minimum atomic E-state index is -0.425. The molecule has 1 saturated carbocycles. The molecule has 1 N–H and O–H groups in total. The van der Waals surface area contributed by atoms with Crippen LogP contribution in [-0.2, 0) is 30.3 Å². The number of carbonyl (C=O) groups excluding carboxylic acids is 1. The van der Waals surface area contributed by atoms with Crippen LogP contribution in [0.15, 0.2) is 36.4 Å². The lowest BCUT2D eigenvalue weighted by Crippen LogP contribution is -2.33. The third-order valence-electron chi connectivity index (χ3n) is 6.68. The van der Waals surface area contributed by atoms with Gasteiger partial charge in [0.15, 0.2) is 6.29 Å². The maximum absolute atomic E-state index is 11.2. The average Bonchev–Trinajstić information content (AvgIpc) is 3.10. The molecule has 1 aromatic rings. The van der Waals surface area contributed by atoms with Crippen molar-refractivity contribution in [2.24, 2.45) is 11.8 Å². The lowest BCUT2D eigenvalue weighted by Gasteiger charge is -2.30. The van der Waals surface area contributed by atoms with Gasteiger partial charge in [0.05, 0.1) is 32.5 Å². The Morgan fingerprint density at radius 2 is 2.12 bits per heavy atom. The number of aliphatic hydroxyl groups excluding tert-OH is 1. The van der Waals surface area contributed by atoms with Crippen molar-refractivity contribution in [3.63, 3.8) is 0 Å². The minimum Gasteiger partial charge on any atom is -0.469 e. The number of benzene rings is 1. The van der Waals surface area contributed by atoms with Crippen molar-refractivity contribution in [3.8, 4) is 0 Å². The number of methoxy groups -OCH3 is 1. The third kappa shape index (κ3) is 8.53. The van der Waals surface area contributed by atoms with Crippen molar-refractivity contribution in [2.75, 3.05) is 20.3 Å². The van der Waals surface area contributed by atoms with E-state index >= 15 is 0 Å². The maximum atomic E-state index is 11.2. The van der Waals surface area contributed by atoms with E-state index in [9.17, 15) is 9.90 Å². The van der Waals surface area contributed by atoms with E-state index in [-0.39, 0.29) is 30.2 Å². The summed E-state index contributed by atoms with van der Waals surface area (Å²) in [5, 5.41) is 10.8. The second kappa shape index (κ2) is 13.9. The van der Waals surface area contributed by atoms with Gasteiger partial charge >= 0.3 is 5.97 Å². The summed E-state index contributed by atoms with van der Waals surface area (Å²) in [6.45, 7) is 3.92. The number of hydrogen-bond donors (Lipinski definition) is 1. The molecule has 0 spiro atoms. The zero-order chi connectivity index (χ0) is 23.5. The van der Waals surface area contributed by atoms with Crippen LogP contribution >= 0.6 is 0 Å². The van der Waals surface area contributed by atoms with Crippen molar-refractivity contribution in [1.29, 1.82) is 0 Å². The van der Waals surface area contributed by atoms with E-state index in [1.165, 1.54) is 12.7 Å². The van der Waals surface area contributed by atoms with E-state index in [1.54, 1.807) is 0 Å². The molecule has 184 valence electrons. The number of unbranched alkanes of at least 4 members (excludes halogenated alkanes) is 1. The summed E-state index contributed by atoms with van der Waals surface area (Å²) in [6.07, 6.45) is 10.1. The van der Waals surface area contributed by atoms with Crippen LogP contribution in [0.25, 0.3) is 0 Å². The molecule has 2 aliphatic rings. The molecule has 6 heteroatoms. The lowest BCUT2D eigenvalue weighted by atomic mass is 9.91. The van der Waals surface area contributed by atoms with Crippen molar-refractivity contribution < 1.29 is 28.8 Å². The van der Waals surface area contributed by atoms with Crippen molar-refractivity contribution >= 4 is 5.97 Å². The fraction of sp³-hybridized carbons (Fsp3) is 0.667. The predicted molar refractivity (Wildman–Crippen MR) is 127 cm³/mol. The standard InChI is InChI=1S/C27H40O6/c1-20-10-9-11-21(16-20)18-31-19-23-22(12-5-3-4-6-13-26(29)30-2)24(28)17-25(23)33-27-14-7-8-15-32-27/h3,5,9-11,16,22-25,27-28H,4,6-8,12-15,17-19H2,1-2H3/b5-3-/t22-,23-,24+,25-,27?/m0/s1. The molecule has 1 aromatic carbocycles. The highest BCUT2D eigenvalue weighted by Gasteiger charge is 2.43. The smallest absolute Gasteiger partial charge is 0.305 e. The number of hydrogen-bond acceptors (Lipinski definition) is 6. The molecule has 1 unspecified atom stereocenters. The predicted octanol–water partition coefficient (Wildman–Crippen LogP) is 4.71. The van der Waals surface area contributed by atoms with Crippen LogP contribution in [0, 0.1) is 18.8 Å². The first-order valence-electron chi connectivity index (χ1n) is 12.4. The summed E-state index contributed by atoms with van der Waals surface area (Å²) in [4.78, 5) is 11.2. The minimum absolute atomic E-state index is 0.0710. The van der Waals surface area contributed by atoms with Gasteiger partial charge in [-0.15, -0.1) is 0 Å². The van der Waals surface area contributed by atoms with Crippen LogP contribution in [0.1, 0.15) is 62.5 Å². The van der Waals surface area contributed by atoms with Gasteiger partial charge in [-0.3, -0.25) is 4.79 Å². The average molecular weight is 461 g/mol. The summed E-state index contributed by atoms with van der Waals surface area (Å²) < 4.78 is 23.0. The summed E-state index contributed by atoms with van der Waals surface area (Å²) in [7, 11) is 1.41. The van der Waals surface area contributed by atoms with Crippen LogP contribution in [0.3, 0.4) is 0 Å². The second-order valence-corrected chi connectivity index (χ2v) is 9.28. The van der Waals surface area contributed by atoms with Crippen molar-refractivity contribution in [2.45, 2.75) is 83.4 Å². The summed E-state index contributed by atoms with van der Waals surface area (Å²) in [6, 6.07) is 8.35. The first kappa shape index (κ1) is 25.9. The Labute approximate surface area is 198 Å². The van der Waals surface area contributed by atoms with Crippen LogP contribution in [0.2, 0.25) is 0 Å². The Kier molecular flexibility index (Phi) is 10.9. The zero-order valence-electron chi connectivity index (χ0n) is 20.1. The Morgan fingerprint density at radius 3 is 2.88 bits per heavy atom. The second-order valence-electron chi connectivity index (χ2n) is 9.28. The van der Waals surface area contributed by atoms with Gasteiger partial charge in [-0.25, -0.2) is 0 Å². The quantitative estimate of drug-likeness (QED) is 0.277. The Balaban J connectivity index is 1.55. The molecule has 5 atom stereocenters. The number of ether oxygens (including phenoxy) is 4. The first-order chi connectivity index (χ1) is 16.1. The number of carbonyl (C=O) groups is 1. The molecule has 1 aliphatic heterocycles. The van der Waals surface area contributed by atoms with Crippen LogP contribution in [-0.4, -0.2) is 49.9 Å². The Morgan fingerprint density at radius 1 is 1.24 bits per heavy atom. The molecule has 0 radical (unpaired) electrons. The highest BCUT2D eigenvalue weighted by Crippen LogP contribution is 2.39. The fourth-order valence-corrected chi connectivity index (χ4v) is 4.83. The van der Waals surface area contributed by atoms with Crippen molar-refractivity contribution in [1.82, 2.24) is 0 Å². The normalized spacial score (nSPS) is 27.8. The molecular formula is C27H40O6. The SMILES string of the molecule is COC(=O)CCC/C=C\C[C@H]1[C@H](COCc2cccc(C)c2)[C@@H](OC2CCCCO2)C[C@H]1O. The number of aliphatic hydroxyl groups is 1. The molecule has 0 aromatic heterocycles.